The topological polar surface area (TPSA) is 92.1 Å². The highest BCUT2D eigenvalue weighted by Gasteiger charge is 2.14. The van der Waals surface area contributed by atoms with Crippen molar-refractivity contribution in [3.05, 3.63) is 5.89 Å². The molecule has 0 bridgehead atoms. The minimum absolute atomic E-state index is 0.134. The summed E-state index contributed by atoms with van der Waals surface area (Å²) in [5.41, 5.74) is 0. The zero-order valence-corrected chi connectivity index (χ0v) is 10.6. The van der Waals surface area contributed by atoms with Gasteiger partial charge in [-0.2, -0.15) is 0 Å². The Hall–Kier alpha value is -1.63. The van der Waals surface area contributed by atoms with Gasteiger partial charge in [-0.1, -0.05) is 18.9 Å². The minimum Gasteiger partial charge on any atom is -0.407 e. The Bertz CT molecular complexity index is 363. The van der Waals surface area contributed by atoms with E-state index in [1.807, 2.05) is 13.8 Å². The highest BCUT2D eigenvalue weighted by molar-refractivity contribution is 5.83. The third-order valence-electron chi connectivity index (χ3n) is 2.11. The Morgan fingerprint density at radius 3 is 2.65 bits per heavy atom. The predicted molar refractivity (Wildman–Crippen MR) is 63.4 cm³/mol. The fourth-order valence-corrected chi connectivity index (χ4v) is 1.14. The zero-order chi connectivity index (χ0) is 12.8. The zero-order valence-electron chi connectivity index (χ0n) is 10.6. The molecule has 0 saturated heterocycles. The fraction of sp³-hybridized carbons (Fsp3) is 0.700. The number of anilines is 1. The molecule has 7 nitrogen and oxygen atoms in total. The van der Waals surface area contributed by atoms with Crippen molar-refractivity contribution in [1.29, 1.82) is 0 Å². The van der Waals surface area contributed by atoms with Crippen molar-refractivity contribution in [3.63, 3.8) is 0 Å². The Kier molecular flexibility index (Phi) is 4.89. The first-order chi connectivity index (χ1) is 8.02. The molecular weight excluding hydrogens is 222 g/mol. The van der Waals surface area contributed by atoms with Crippen LogP contribution in [0.3, 0.4) is 0 Å². The third-order valence-corrected chi connectivity index (χ3v) is 2.11. The molecule has 7 heteroatoms. The van der Waals surface area contributed by atoms with E-state index in [9.17, 15) is 4.79 Å². The molecule has 96 valence electrons. The lowest BCUT2D eigenvalue weighted by Gasteiger charge is -2.09. The van der Waals surface area contributed by atoms with Gasteiger partial charge in [0.2, 0.25) is 11.8 Å². The molecule has 0 aliphatic heterocycles. The van der Waals surface area contributed by atoms with E-state index in [4.69, 9.17) is 4.42 Å². The number of carbonyl (C=O) groups excluding carboxylic acids is 1. The van der Waals surface area contributed by atoms with Crippen LogP contribution in [-0.2, 0) is 11.3 Å². The molecule has 0 spiro atoms. The van der Waals surface area contributed by atoms with Crippen molar-refractivity contribution in [2.45, 2.75) is 39.4 Å². The molecule has 1 atom stereocenters. The maximum absolute atomic E-state index is 11.3. The van der Waals surface area contributed by atoms with Gasteiger partial charge in [0.05, 0.1) is 6.54 Å². The summed E-state index contributed by atoms with van der Waals surface area (Å²) in [6, 6.07) is 0.191. The van der Waals surface area contributed by atoms with Crippen molar-refractivity contribution in [1.82, 2.24) is 20.8 Å². The van der Waals surface area contributed by atoms with Gasteiger partial charge in [-0.05, 0) is 6.92 Å². The lowest BCUT2D eigenvalue weighted by molar-refractivity contribution is -0.121. The first kappa shape index (κ1) is 13.4. The summed E-state index contributed by atoms with van der Waals surface area (Å²) in [5.74, 6) is 0.357. The van der Waals surface area contributed by atoms with Gasteiger partial charge in [0.25, 0.3) is 0 Å². The minimum atomic E-state index is -0.411. The van der Waals surface area contributed by atoms with Gasteiger partial charge >= 0.3 is 6.01 Å². The quantitative estimate of drug-likeness (QED) is 0.655. The number of nitrogens with zero attached hydrogens (tertiary/aromatic N) is 2. The van der Waals surface area contributed by atoms with Crippen molar-refractivity contribution >= 4 is 11.9 Å². The molecule has 0 aromatic carbocycles. The summed E-state index contributed by atoms with van der Waals surface area (Å²) in [6.45, 7) is 6.29. The number of hydrogen-bond donors (Lipinski definition) is 3. The predicted octanol–water partition coefficient (Wildman–Crippen LogP) is 0.114. The van der Waals surface area contributed by atoms with Crippen LogP contribution in [0.4, 0.5) is 6.01 Å². The normalized spacial score (nSPS) is 12.5. The lowest BCUT2D eigenvalue weighted by atomic mass is 10.3. The number of hydrogen-bond acceptors (Lipinski definition) is 6. The summed E-state index contributed by atoms with van der Waals surface area (Å²) < 4.78 is 5.32. The second kappa shape index (κ2) is 6.19. The molecule has 3 N–H and O–H groups in total. The number of amides is 1. The summed E-state index contributed by atoms with van der Waals surface area (Å²) >= 11 is 0. The Morgan fingerprint density at radius 1 is 1.35 bits per heavy atom. The summed E-state index contributed by atoms with van der Waals surface area (Å²) in [4.78, 5) is 11.3. The Labute approximate surface area is 100 Å². The van der Waals surface area contributed by atoms with Crippen LogP contribution in [0.2, 0.25) is 0 Å². The second-order valence-electron chi connectivity index (χ2n) is 4.02. The fourth-order valence-electron chi connectivity index (χ4n) is 1.14. The maximum Gasteiger partial charge on any atom is 0.316 e. The van der Waals surface area contributed by atoms with E-state index in [1.54, 1.807) is 14.0 Å². The average molecular weight is 241 g/mol. The van der Waals surface area contributed by atoms with Crippen LogP contribution in [0.5, 0.6) is 0 Å². The molecule has 1 rings (SSSR count). The van der Waals surface area contributed by atoms with E-state index in [0.29, 0.717) is 18.5 Å². The Morgan fingerprint density at radius 2 is 2.06 bits per heavy atom. The standard InChI is InChI=1S/C10H19N5O2/c1-6(2)12-5-8-14-15-10(17-8)13-7(3)9(16)11-4/h6-7,12H,5H2,1-4H3,(H,11,16)(H,13,15). The highest BCUT2D eigenvalue weighted by atomic mass is 16.4. The number of carbonyl (C=O) groups is 1. The molecule has 0 aliphatic carbocycles. The highest BCUT2D eigenvalue weighted by Crippen LogP contribution is 2.06. The van der Waals surface area contributed by atoms with Gasteiger partial charge in [0, 0.05) is 13.1 Å². The van der Waals surface area contributed by atoms with Crippen molar-refractivity contribution < 1.29 is 9.21 Å². The van der Waals surface area contributed by atoms with Crippen LogP contribution >= 0.6 is 0 Å². The van der Waals surface area contributed by atoms with Crippen LogP contribution in [0.1, 0.15) is 26.7 Å². The molecule has 0 aliphatic rings. The van der Waals surface area contributed by atoms with Gasteiger partial charge in [0.15, 0.2) is 0 Å². The van der Waals surface area contributed by atoms with E-state index < -0.39 is 6.04 Å². The van der Waals surface area contributed by atoms with Gasteiger partial charge in [-0.25, -0.2) is 0 Å². The number of aromatic nitrogens is 2. The van der Waals surface area contributed by atoms with Gasteiger partial charge in [-0.3, -0.25) is 4.79 Å². The smallest absolute Gasteiger partial charge is 0.316 e. The Balaban J connectivity index is 2.48. The number of likely N-dealkylation sites (N-methyl/N-ethyl adjacent to an activating group) is 1. The van der Waals surface area contributed by atoms with E-state index in [1.165, 1.54) is 0 Å². The molecular formula is C10H19N5O2. The van der Waals surface area contributed by atoms with Crippen LogP contribution in [0.15, 0.2) is 4.42 Å². The first-order valence-electron chi connectivity index (χ1n) is 5.56. The second-order valence-corrected chi connectivity index (χ2v) is 4.02. The maximum atomic E-state index is 11.3. The van der Waals surface area contributed by atoms with Gasteiger partial charge in [-0.15, -0.1) is 5.10 Å². The van der Waals surface area contributed by atoms with Gasteiger partial charge < -0.3 is 20.4 Å². The molecule has 17 heavy (non-hydrogen) atoms. The van der Waals surface area contributed by atoms with E-state index in [0.717, 1.165) is 0 Å². The summed E-state index contributed by atoms with van der Waals surface area (Å²) in [7, 11) is 1.58. The molecule has 1 unspecified atom stereocenters. The number of nitrogens with one attached hydrogen (secondary N) is 3. The SMILES string of the molecule is CNC(=O)C(C)Nc1nnc(CNC(C)C)o1. The summed E-state index contributed by atoms with van der Waals surface area (Å²) in [5, 5.41) is 16.2. The van der Waals surface area contributed by atoms with Gasteiger partial charge in [0.1, 0.15) is 6.04 Å². The first-order valence-corrected chi connectivity index (χ1v) is 5.56. The molecule has 1 aromatic rings. The lowest BCUT2D eigenvalue weighted by Crippen LogP contribution is -2.35. The van der Waals surface area contributed by atoms with Crippen molar-refractivity contribution in [2.24, 2.45) is 0 Å². The third kappa shape index (κ3) is 4.39. The monoisotopic (exact) mass is 241 g/mol. The molecule has 1 amide bonds. The molecule has 1 heterocycles. The molecule has 0 saturated carbocycles. The van der Waals surface area contributed by atoms with Crippen molar-refractivity contribution in [2.75, 3.05) is 12.4 Å². The summed E-state index contributed by atoms with van der Waals surface area (Å²) in [6.07, 6.45) is 0. The van der Waals surface area contributed by atoms with Crippen LogP contribution < -0.4 is 16.0 Å². The molecule has 1 aromatic heterocycles. The van der Waals surface area contributed by atoms with Crippen LogP contribution in [0.25, 0.3) is 0 Å². The largest absolute Gasteiger partial charge is 0.407 e. The van der Waals surface area contributed by atoms with E-state index in [-0.39, 0.29) is 11.9 Å². The van der Waals surface area contributed by atoms with Crippen molar-refractivity contribution in [3.8, 4) is 0 Å². The van der Waals surface area contributed by atoms with E-state index in [2.05, 4.69) is 26.1 Å². The molecule has 0 fully saturated rings. The van der Waals surface area contributed by atoms with Crippen LogP contribution in [-0.4, -0.2) is 35.2 Å². The molecule has 0 radical (unpaired) electrons. The number of rotatable bonds is 6. The van der Waals surface area contributed by atoms with E-state index >= 15 is 0 Å². The van der Waals surface area contributed by atoms with Crippen LogP contribution in [0, 0.1) is 0 Å². The average Bonchev–Trinajstić information content (AvgIpc) is 2.73.